The van der Waals surface area contributed by atoms with Gasteiger partial charge in [0.2, 0.25) is 0 Å². The molecule has 0 aliphatic rings. The van der Waals surface area contributed by atoms with Crippen molar-refractivity contribution in [2.45, 2.75) is 13.8 Å². The van der Waals surface area contributed by atoms with Crippen LogP contribution in [0.3, 0.4) is 0 Å². The molecule has 6 heterocycles. The summed E-state index contributed by atoms with van der Waals surface area (Å²) in [5.74, 6) is 0. The molecule has 0 aliphatic carbocycles. The van der Waals surface area contributed by atoms with E-state index in [-0.39, 0.29) is 0 Å². The topological polar surface area (TPSA) is 188 Å². The van der Waals surface area contributed by atoms with Gasteiger partial charge < -0.3 is 18.3 Å². The van der Waals surface area contributed by atoms with Crippen LogP contribution in [-0.2, 0) is 0 Å². The Labute approximate surface area is 584 Å². The van der Waals surface area contributed by atoms with Crippen LogP contribution in [0.1, 0.15) is 44.8 Å². The van der Waals surface area contributed by atoms with Crippen molar-refractivity contribution in [1.82, 2.24) is 28.2 Å². The van der Waals surface area contributed by atoms with Crippen LogP contribution < -0.4 is 0 Å². The lowest BCUT2D eigenvalue weighted by molar-refractivity contribution is 1.11. The second-order valence-corrected chi connectivity index (χ2v) is 25.7. The number of nitrogens with zero attached hydrogens (tertiary/aromatic N) is 12. The predicted octanol–water partition coefficient (Wildman–Crippen LogP) is 21.0. The van der Waals surface area contributed by atoms with E-state index in [2.05, 4.69) is 158 Å². The predicted molar refractivity (Wildman–Crippen MR) is 404 cm³/mol. The standard InChI is InChI=1S/C90H50N12/c1-53-33-63(34-54(2)97-53)89-87(101-77-22-12-9-19-66(77)69-29-25-57(49-93)37-83(69)101)40-59(51-95)41-88(89)102-79-24-14-11-21-68(79)74-46-70(65(52-96)45-84(74)102)62-28-32-82-73(42-62)72-36-56(48-92)27-31-81(72)100(82)86-39-58(50-94)38-85(99-78-23-13-10-20-67(78)71-35-55(47-91)26-30-80(71)99)90(86)64-43-75(60-15-5-3-6-16-60)98-76(44-64)61-17-7-4-8-18-61/h3-46H,1-2H3. The van der Waals surface area contributed by atoms with Crippen LogP contribution in [-0.4, -0.2) is 28.2 Å². The summed E-state index contributed by atoms with van der Waals surface area (Å²) in [4.78, 5) is 10.2. The molecule has 6 aromatic heterocycles. The molecule has 470 valence electrons. The summed E-state index contributed by atoms with van der Waals surface area (Å²) in [6.07, 6.45) is 0. The van der Waals surface area contributed by atoms with Gasteiger partial charge in [-0.3, -0.25) is 4.98 Å². The molecule has 12 nitrogen and oxygen atoms in total. The first-order chi connectivity index (χ1) is 50.1. The first kappa shape index (κ1) is 59.6. The highest BCUT2D eigenvalue weighted by Crippen LogP contribution is 2.48. The number of rotatable bonds is 9. The summed E-state index contributed by atoms with van der Waals surface area (Å²) in [5.41, 5.74) is 21.7. The molecule has 0 spiro atoms. The molecule has 0 aliphatic heterocycles. The maximum Gasteiger partial charge on any atom is 0.0998 e. The molecule has 18 rings (SSSR count). The van der Waals surface area contributed by atoms with Crippen molar-refractivity contribution in [2.75, 3.05) is 0 Å². The van der Waals surface area contributed by atoms with Gasteiger partial charge in [-0.15, -0.1) is 0 Å². The van der Waals surface area contributed by atoms with Gasteiger partial charge in [-0.25, -0.2) is 4.98 Å². The van der Waals surface area contributed by atoms with Crippen LogP contribution in [0.4, 0.5) is 0 Å². The van der Waals surface area contributed by atoms with Crippen LogP contribution in [0, 0.1) is 81.8 Å². The minimum atomic E-state index is 0.393. The van der Waals surface area contributed by atoms with Crippen LogP contribution in [0.2, 0.25) is 0 Å². The lowest BCUT2D eigenvalue weighted by Gasteiger charge is -2.22. The maximum absolute atomic E-state index is 11.7. The fraction of sp³-hybridized carbons (Fsp3) is 0.0222. The second-order valence-electron chi connectivity index (χ2n) is 25.7. The molecule has 0 unspecified atom stereocenters. The number of nitriles is 6. The maximum atomic E-state index is 11.7. The molecule has 0 bridgehead atoms. The molecule has 102 heavy (non-hydrogen) atoms. The summed E-state index contributed by atoms with van der Waals surface area (Å²) in [6, 6.07) is 103. The molecule has 0 amide bonds. The highest BCUT2D eigenvalue weighted by Gasteiger charge is 2.29. The zero-order chi connectivity index (χ0) is 69.0. The van der Waals surface area contributed by atoms with E-state index < -0.39 is 0 Å². The Morgan fingerprint density at radius 3 is 1.09 bits per heavy atom. The van der Waals surface area contributed by atoms with E-state index in [1.165, 1.54) is 0 Å². The Bertz CT molecular complexity index is 6900. The van der Waals surface area contributed by atoms with E-state index in [0.717, 1.165) is 155 Å². The lowest BCUT2D eigenvalue weighted by atomic mass is 9.95. The average Bonchev–Trinajstić information content (AvgIpc) is 1.55. The third kappa shape index (κ3) is 9.32. The van der Waals surface area contributed by atoms with Gasteiger partial charge in [0, 0.05) is 82.3 Å². The second kappa shape index (κ2) is 23.4. The monoisotopic (exact) mass is 1300 g/mol. The number of aromatic nitrogens is 6. The number of hydrogen-bond donors (Lipinski definition) is 0. The molecule has 0 atom stereocenters. The molecule has 18 aromatic rings. The average molecular weight is 1300 g/mol. The quantitative estimate of drug-likeness (QED) is 0.136. The van der Waals surface area contributed by atoms with E-state index in [9.17, 15) is 31.6 Å². The van der Waals surface area contributed by atoms with Crippen molar-refractivity contribution in [3.8, 4) is 115 Å². The Kier molecular flexibility index (Phi) is 13.7. The number of fused-ring (bicyclic) bond motifs is 12. The number of aryl methyl sites for hydroxylation is 2. The zero-order valence-corrected chi connectivity index (χ0v) is 54.8. The van der Waals surface area contributed by atoms with E-state index >= 15 is 0 Å². The Hall–Kier alpha value is -14.9. The van der Waals surface area contributed by atoms with Crippen LogP contribution in [0.15, 0.2) is 267 Å². The molecular formula is C90H50N12. The third-order valence-electron chi connectivity index (χ3n) is 19.8. The Morgan fingerprint density at radius 2 is 0.608 bits per heavy atom. The summed E-state index contributed by atoms with van der Waals surface area (Å²) in [5, 5.41) is 72.7. The summed E-state index contributed by atoms with van der Waals surface area (Å²) in [7, 11) is 0. The van der Waals surface area contributed by atoms with Gasteiger partial charge in [0.25, 0.3) is 0 Å². The molecular weight excluding hydrogens is 1250 g/mol. The lowest BCUT2D eigenvalue weighted by Crippen LogP contribution is -2.06. The zero-order valence-electron chi connectivity index (χ0n) is 54.8. The van der Waals surface area contributed by atoms with Gasteiger partial charge in [0.05, 0.1) is 148 Å². The van der Waals surface area contributed by atoms with Gasteiger partial charge in [0.15, 0.2) is 0 Å². The summed E-state index contributed by atoms with van der Waals surface area (Å²) < 4.78 is 8.73. The molecule has 12 aromatic carbocycles. The van der Waals surface area contributed by atoms with E-state index in [1.807, 2.05) is 178 Å². The molecule has 0 saturated carbocycles. The van der Waals surface area contributed by atoms with Gasteiger partial charge in [0.1, 0.15) is 0 Å². The largest absolute Gasteiger partial charge is 0.308 e. The fourth-order valence-electron chi connectivity index (χ4n) is 15.5. The first-order valence-electron chi connectivity index (χ1n) is 33.2. The van der Waals surface area contributed by atoms with Crippen molar-refractivity contribution in [1.29, 1.82) is 31.6 Å². The van der Waals surface area contributed by atoms with Crippen molar-refractivity contribution >= 4 is 87.2 Å². The van der Waals surface area contributed by atoms with E-state index in [1.54, 1.807) is 0 Å². The number of para-hydroxylation sites is 3. The van der Waals surface area contributed by atoms with Gasteiger partial charge in [-0.1, -0.05) is 127 Å². The van der Waals surface area contributed by atoms with Crippen molar-refractivity contribution in [3.05, 3.63) is 312 Å². The highest BCUT2D eigenvalue weighted by molar-refractivity contribution is 6.16. The highest BCUT2D eigenvalue weighted by atomic mass is 15.0. The molecule has 0 N–H and O–H groups in total. The van der Waals surface area contributed by atoms with Crippen LogP contribution in [0.25, 0.3) is 166 Å². The minimum Gasteiger partial charge on any atom is -0.308 e. The third-order valence-corrected chi connectivity index (χ3v) is 19.8. The SMILES string of the molecule is Cc1cc(-c2c(-n3c4ccccc4c4ccc(C#N)cc43)cc(C#N)cc2-n2c3ccccc3c3cc(-c4ccc5c(c4)c4cc(C#N)ccc4n5-c4cc(C#N)cc(-n5c6ccccc6c6cc(C#N)ccc65)c4-c4cc(-c5ccccc5)nc(-c5ccccc5)c4)c(C#N)cc32)cc(C)n1. The van der Waals surface area contributed by atoms with Crippen molar-refractivity contribution in [2.24, 2.45) is 0 Å². The molecule has 0 radical (unpaired) electrons. The van der Waals surface area contributed by atoms with E-state index in [4.69, 9.17) is 9.97 Å². The van der Waals surface area contributed by atoms with Gasteiger partial charge in [-0.05, 0) is 170 Å². The Morgan fingerprint density at radius 1 is 0.245 bits per heavy atom. The van der Waals surface area contributed by atoms with Crippen LogP contribution >= 0.6 is 0 Å². The smallest absolute Gasteiger partial charge is 0.0998 e. The van der Waals surface area contributed by atoms with Crippen molar-refractivity contribution < 1.29 is 0 Å². The number of hydrogen-bond acceptors (Lipinski definition) is 8. The molecule has 0 fully saturated rings. The van der Waals surface area contributed by atoms with Gasteiger partial charge >= 0.3 is 0 Å². The first-order valence-corrected chi connectivity index (χ1v) is 33.2. The van der Waals surface area contributed by atoms with Gasteiger partial charge in [-0.2, -0.15) is 31.6 Å². The number of benzene rings is 12. The van der Waals surface area contributed by atoms with Crippen molar-refractivity contribution in [3.63, 3.8) is 0 Å². The number of pyridine rings is 2. The molecule has 12 heteroatoms. The summed E-state index contributed by atoms with van der Waals surface area (Å²) in [6.45, 7) is 3.95. The van der Waals surface area contributed by atoms with E-state index in [0.29, 0.717) is 56.0 Å². The Balaban J connectivity index is 0.905. The fourth-order valence-corrected chi connectivity index (χ4v) is 15.5. The normalized spacial score (nSPS) is 11.4. The minimum absolute atomic E-state index is 0.393. The van der Waals surface area contributed by atoms with Crippen LogP contribution in [0.5, 0.6) is 0 Å². The summed E-state index contributed by atoms with van der Waals surface area (Å²) >= 11 is 0. The molecule has 0 saturated heterocycles.